The first kappa shape index (κ1) is 16.6. The Labute approximate surface area is 148 Å². The minimum Gasteiger partial charge on any atom is -0.342 e. The number of thiophene rings is 1. The molecule has 2 aromatic rings. The molecule has 1 saturated heterocycles. The van der Waals surface area contributed by atoms with E-state index in [1.807, 2.05) is 21.7 Å². The van der Waals surface area contributed by atoms with Crippen LogP contribution >= 0.6 is 27.3 Å². The maximum atomic E-state index is 12.2. The molecule has 0 aliphatic carbocycles. The number of hydrogen-bond donors (Lipinski definition) is 0. The molecule has 1 atom stereocenters. The summed E-state index contributed by atoms with van der Waals surface area (Å²) in [5.41, 5.74) is 1.00. The molecule has 1 aliphatic rings. The highest BCUT2D eigenvalue weighted by molar-refractivity contribution is 9.09. The summed E-state index contributed by atoms with van der Waals surface area (Å²) in [6.07, 6.45) is 4.43. The number of nitrogens with zero attached hydrogens (tertiary/aromatic N) is 3. The van der Waals surface area contributed by atoms with Crippen molar-refractivity contribution in [2.24, 2.45) is 5.92 Å². The van der Waals surface area contributed by atoms with Crippen LogP contribution in [-0.2, 0) is 11.2 Å². The third-order valence-corrected chi connectivity index (χ3v) is 5.35. The fourth-order valence-electron chi connectivity index (χ4n) is 2.93. The lowest BCUT2D eigenvalue weighted by atomic mass is 9.94. The zero-order chi connectivity index (χ0) is 16.1. The van der Waals surface area contributed by atoms with Gasteiger partial charge in [-0.1, -0.05) is 21.1 Å². The van der Waals surface area contributed by atoms with Gasteiger partial charge in [0, 0.05) is 42.2 Å². The molecule has 0 bridgehead atoms. The maximum absolute atomic E-state index is 12.2. The van der Waals surface area contributed by atoms with E-state index in [1.54, 1.807) is 11.3 Å². The van der Waals surface area contributed by atoms with Gasteiger partial charge in [-0.3, -0.25) is 4.79 Å². The van der Waals surface area contributed by atoms with Crippen molar-refractivity contribution in [2.45, 2.75) is 32.1 Å². The van der Waals surface area contributed by atoms with Crippen molar-refractivity contribution in [3.05, 3.63) is 22.7 Å². The number of hydrogen-bond acceptors (Lipinski definition) is 5. The van der Waals surface area contributed by atoms with Crippen LogP contribution in [-0.4, -0.2) is 39.4 Å². The average Bonchev–Trinajstić information content (AvgIpc) is 3.24. The van der Waals surface area contributed by atoms with Crippen LogP contribution < -0.4 is 0 Å². The molecule has 5 nitrogen and oxygen atoms in total. The van der Waals surface area contributed by atoms with Crippen LogP contribution in [0.4, 0.5) is 0 Å². The van der Waals surface area contributed by atoms with Gasteiger partial charge in [0.05, 0.1) is 0 Å². The van der Waals surface area contributed by atoms with E-state index in [4.69, 9.17) is 4.52 Å². The molecule has 3 heterocycles. The third kappa shape index (κ3) is 4.41. The van der Waals surface area contributed by atoms with Crippen LogP contribution in [0, 0.1) is 5.92 Å². The summed E-state index contributed by atoms with van der Waals surface area (Å²) in [4.78, 5) is 18.6. The van der Waals surface area contributed by atoms with Crippen LogP contribution in [0.2, 0.25) is 0 Å². The Morgan fingerprint density at radius 2 is 2.43 bits per heavy atom. The molecule has 1 amide bonds. The van der Waals surface area contributed by atoms with E-state index < -0.39 is 0 Å². The third-order valence-electron chi connectivity index (χ3n) is 4.11. The van der Waals surface area contributed by atoms with E-state index in [0.717, 1.165) is 49.7 Å². The molecule has 0 radical (unpaired) electrons. The summed E-state index contributed by atoms with van der Waals surface area (Å²) in [5, 5.41) is 8.95. The number of rotatable bonds is 6. The first-order valence-corrected chi connectivity index (χ1v) is 10.0. The first-order valence-electron chi connectivity index (χ1n) is 7.95. The van der Waals surface area contributed by atoms with Gasteiger partial charge in [0.25, 0.3) is 0 Å². The van der Waals surface area contributed by atoms with Crippen molar-refractivity contribution in [1.82, 2.24) is 15.0 Å². The van der Waals surface area contributed by atoms with Crippen LogP contribution in [0.1, 0.15) is 31.6 Å². The van der Waals surface area contributed by atoms with Crippen molar-refractivity contribution in [3.63, 3.8) is 0 Å². The molecular formula is C16H20BrN3O2S. The van der Waals surface area contributed by atoms with Crippen LogP contribution in [0.5, 0.6) is 0 Å². The predicted molar refractivity (Wildman–Crippen MR) is 93.6 cm³/mol. The van der Waals surface area contributed by atoms with E-state index in [2.05, 4.69) is 26.1 Å². The van der Waals surface area contributed by atoms with Crippen molar-refractivity contribution in [3.8, 4) is 11.4 Å². The molecular weight excluding hydrogens is 378 g/mol. The maximum Gasteiger partial charge on any atom is 0.227 e. The number of aromatic nitrogens is 2. The molecule has 0 N–H and O–H groups in total. The highest BCUT2D eigenvalue weighted by Gasteiger charge is 2.25. The highest BCUT2D eigenvalue weighted by atomic mass is 79.9. The van der Waals surface area contributed by atoms with E-state index >= 15 is 0 Å². The summed E-state index contributed by atoms with van der Waals surface area (Å²) in [6.45, 7) is 1.68. The normalized spacial score (nSPS) is 18.3. The molecule has 1 aliphatic heterocycles. The smallest absolute Gasteiger partial charge is 0.227 e. The fourth-order valence-corrected chi connectivity index (χ4v) is 3.84. The molecule has 124 valence electrons. The number of likely N-dealkylation sites (tertiary alicyclic amines) is 1. The van der Waals surface area contributed by atoms with Crippen molar-refractivity contribution >= 4 is 33.2 Å². The van der Waals surface area contributed by atoms with E-state index in [-0.39, 0.29) is 5.91 Å². The Hall–Kier alpha value is -1.21. The van der Waals surface area contributed by atoms with Crippen molar-refractivity contribution < 1.29 is 9.32 Å². The standard InChI is InChI=1S/C16H20BrN3O2S/c17-6-1-4-15(21)20-7-2-3-12(10-20)9-14-18-16(19-22-14)13-5-8-23-11-13/h5,8,11-12H,1-4,6-7,9-10H2. The summed E-state index contributed by atoms with van der Waals surface area (Å²) in [6, 6.07) is 1.99. The molecule has 1 fully saturated rings. The number of amides is 1. The molecule has 0 spiro atoms. The Morgan fingerprint density at radius 3 is 3.22 bits per heavy atom. The van der Waals surface area contributed by atoms with Gasteiger partial charge in [0.15, 0.2) is 0 Å². The minimum atomic E-state index is 0.263. The van der Waals surface area contributed by atoms with Crippen LogP contribution in [0.25, 0.3) is 11.4 Å². The van der Waals surface area contributed by atoms with Gasteiger partial charge < -0.3 is 9.42 Å². The summed E-state index contributed by atoms with van der Waals surface area (Å²) in [7, 11) is 0. The number of carbonyl (C=O) groups is 1. The lowest BCUT2D eigenvalue weighted by molar-refractivity contribution is -0.133. The second-order valence-electron chi connectivity index (χ2n) is 5.87. The largest absolute Gasteiger partial charge is 0.342 e. The number of piperidine rings is 1. The average molecular weight is 398 g/mol. The Balaban J connectivity index is 1.56. The molecule has 0 saturated carbocycles. The summed E-state index contributed by atoms with van der Waals surface area (Å²) in [5.74, 6) is 2.00. The Bertz CT molecular complexity index is 629. The molecule has 0 aromatic carbocycles. The van der Waals surface area contributed by atoms with Gasteiger partial charge >= 0.3 is 0 Å². The lowest BCUT2D eigenvalue weighted by Gasteiger charge is -2.32. The van der Waals surface area contributed by atoms with Crippen molar-refractivity contribution in [2.75, 3.05) is 18.4 Å². The molecule has 7 heteroatoms. The monoisotopic (exact) mass is 397 g/mol. The van der Waals surface area contributed by atoms with E-state index in [0.29, 0.717) is 24.1 Å². The molecule has 23 heavy (non-hydrogen) atoms. The second kappa shape index (κ2) is 8.06. The van der Waals surface area contributed by atoms with Crippen molar-refractivity contribution in [1.29, 1.82) is 0 Å². The number of halogens is 1. The van der Waals surface area contributed by atoms with Crippen LogP contribution in [0.15, 0.2) is 21.3 Å². The summed E-state index contributed by atoms with van der Waals surface area (Å²) < 4.78 is 5.39. The number of carbonyl (C=O) groups excluding carboxylic acids is 1. The van der Waals surface area contributed by atoms with Gasteiger partial charge in [-0.05, 0) is 36.6 Å². The Kier molecular flexibility index (Phi) is 5.83. The lowest BCUT2D eigenvalue weighted by Crippen LogP contribution is -2.40. The van der Waals surface area contributed by atoms with Gasteiger partial charge in [-0.2, -0.15) is 16.3 Å². The zero-order valence-electron chi connectivity index (χ0n) is 12.9. The minimum absolute atomic E-state index is 0.263. The highest BCUT2D eigenvalue weighted by Crippen LogP contribution is 2.23. The quantitative estimate of drug-likeness (QED) is 0.696. The first-order chi connectivity index (χ1) is 11.3. The predicted octanol–water partition coefficient (Wildman–Crippen LogP) is 3.75. The van der Waals surface area contributed by atoms with E-state index in [1.165, 1.54) is 0 Å². The fraction of sp³-hybridized carbons (Fsp3) is 0.562. The van der Waals surface area contributed by atoms with Gasteiger partial charge in [-0.15, -0.1) is 0 Å². The van der Waals surface area contributed by atoms with Gasteiger partial charge in [-0.25, -0.2) is 0 Å². The molecule has 1 unspecified atom stereocenters. The van der Waals surface area contributed by atoms with Gasteiger partial charge in [0.2, 0.25) is 17.6 Å². The number of alkyl halides is 1. The molecule has 3 rings (SSSR count). The SMILES string of the molecule is O=C(CCCBr)N1CCCC(Cc2nc(-c3ccsc3)no2)C1. The zero-order valence-corrected chi connectivity index (χ0v) is 15.3. The summed E-state index contributed by atoms with van der Waals surface area (Å²) >= 11 is 5.00. The van der Waals surface area contributed by atoms with Crippen LogP contribution in [0.3, 0.4) is 0 Å². The molecule has 2 aromatic heterocycles. The second-order valence-corrected chi connectivity index (χ2v) is 7.44. The topological polar surface area (TPSA) is 59.2 Å². The van der Waals surface area contributed by atoms with E-state index in [9.17, 15) is 4.79 Å². The Morgan fingerprint density at radius 1 is 1.52 bits per heavy atom. The van der Waals surface area contributed by atoms with Gasteiger partial charge in [0.1, 0.15) is 0 Å².